The van der Waals surface area contributed by atoms with E-state index in [1.54, 1.807) is 14.2 Å². The monoisotopic (exact) mass is 555 g/mol. The molecule has 9 nitrogen and oxygen atoms in total. The van der Waals surface area contributed by atoms with Crippen LogP contribution >= 0.6 is 23.1 Å². The highest BCUT2D eigenvalue weighted by atomic mass is 32.2. The maximum absolute atomic E-state index is 13.0. The SMILES string of the molecule is COc1ccc(-c2nnc(SCC(=O)Nc3sc4c(c3C(N)=O)CCCC4)n2C2CCCCC2)cc1OC. The van der Waals surface area contributed by atoms with E-state index in [1.165, 1.54) is 29.5 Å². The number of rotatable bonds is 9. The first-order valence-corrected chi connectivity index (χ1v) is 14.8. The standard InChI is InChI=1S/C27H33N5O4S2/c1-35-19-13-12-16(14-20(19)36-2)25-30-31-27(32(25)17-8-4-3-5-9-17)37-15-22(33)29-26-23(24(28)34)18-10-6-7-11-21(18)38-26/h12-14,17H,3-11,15H2,1-2H3,(H2,28,34)(H,29,33). The fourth-order valence-electron chi connectivity index (χ4n) is 5.42. The van der Waals surface area contributed by atoms with Crippen LogP contribution in [0.3, 0.4) is 0 Å². The smallest absolute Gasteiger partial charge is 0.251 e. The minimum absolute atomic E-state index is 0.150. The highest BCUT2D eigenvalue weighted by Crippen LogP contribution is 2.40. The normalized spacial score (nSPS) is 15.6. The minimum atomic E-state index is -0.482. The molecule has 0 spiro atoms. The van der Waals surface area contributed by atoms with Gasteiger partial charge in [0.05, 0.1) is 25.5 Å². The Bertz CT molecular complexity index is 1330. The molecular formula is C27H33N5O4S2. The number of fused-ring (bicyclic) bond motifs is 1. The second kappa shape index (κ2) is 11.8. The number of nitrogens with zero attached hydrogens (tertiary/aromatic N) is 3. The molecule has 3 aromatic rings. The molecule has 202 valence electrons. The minimum Gasteiger partial charge on any atom is -0.493 e. The molecule has 1 aromatic carbocycles. The summed E-state index contributed by atoms with van der Waals surface area (Å²) in [6, 6.07) is 5.99. The van der Waals surface area contributed by atoms with Crippen molar-refractivity contribution < 1.29 is 19.1 Å². The molecule has 2 aromatic heterocycles. The fraction of sp³-hybridized carbons (Fsp3) is 0.481. The third-order valence-electron chi connectivity index (χ3n) is 7.25. The lowest BCUT2D eigenvalue weighted by Crippen LogP contribution is -2.20. The van der Waals surface area contributed by atoms with Crippen LogP contribution in [0, 0.1) is 0 Å². The number of nitrogens with two attached hydrogens (primary N) is 1. The molecule has 2 heterocycles. The lowest BCUT2D eigenvalue weighted by Gasteiger charge is -2.25. The van der Waals surface area contributed by atoms with E-state index < -0.39 is 5.91 Å². The summed E-state index contributed by atoms with van der Waals surface area (Å²) in [6.45, 7) is 0. The van der Waals surface area contributed by atoms with Crippen LogP contribution in [0.15, 0.2) is 23.4 Å². The number of primary amides is 1. The van der Waals surface area contributed by atoms with Gasteiger partial charge in [0.2, 0.25) is 5.91 Å². The van der Waals surface area contributed by atoms with Gasteiger partial charge in [-0.1, -0.05) is 31.0 Å². The molecule has 0 radical (unpaired) electrons. The maximum atomic E-state index is 13.0. The Balaban J connectivity index is 1.38. The van der Waals surface area contributed by atoms with Crippen molar-refractivity contribution in [1.29, 1.82) is 0 Å². The molecule has 3 N–H and O–H groups in total. The molecule has 1 saturated carbocycles. The van der Waals surface area contributed by atoms with Crippen molar-refractivity contribution in [3.63, 3.8) is 0 Å². The van der Waals surface area contributed by atoms with Gasteiger partial charge in [-0.2, -0.15) is 0 Å². The number of thiophene rings is 1. The molecule has 2 aliphatic rings. The number of anilines is 1. The average Bonchev–Trinajstić information content (AvgIpc) is 3.53. The largest absolute Gasteiger partial charge is 0.493 e. The number of benzene rings is 1. The van der Waals surface area contributed by atoms with Gasteiger partial charge >= 0.3 is 0 Å². The molecule has 0 saturated heterocycles. The fourth-order valence-corrected chi connectivity index (χ4v) is 7.54. The Kier molecular flexibility index (Phi) is 8.23. The number of hydrogen-bond acceptors (Lipinski definition) is 8. The van der Waals surface area contributed by atoms with Gasteiger partial charge in [-0.05, 0) is 62.3 Å². The number of carbonyl (C=O) groups excluding carboxylic acids is 2. The number of nitrogens with one attached hydrogen (secondary N) is 1. The number of aromatic nitrogens is 3. The molecule has 0 aliphatic heterocycles. The van der Waals surface area contributed by atoms with Gasteiger partial charge in [-0.3, -0.25) is 14.2 Å². The summed E-state index contributed by atoms with van der Waals surface area (Å²) in [6.07, 6.45) is 9.49. The van der Waals surface area contributed by atoms with Crippen LogP contribution in [0.4, 0.5) is 5.00 Å². The molecule has 11 heteroatoms. The summed E-state index contributed by atoms with van der Waals surface area (Å²) >= 11 is 2.84. The number of carbonyl (C=O) groups is 2. The molecule has 0 atom stereocenters. The van der Waals surface area contributed by atoms with Crippen molar-refractivity contribution in [3.05, 3.63) is 34.2 Å². The highest BCUT2D eigenvalue weighted by molar-refractivity contribution is 7.99. The highest BCUT2D eigenvalue weighted by Gasteiger charge is 2.27. The van der Waals surface area contributed by atoms with Crippen molar-refractivity contribution in [2.24, 2.45) is 5.73 Å². The van der Waals surface area contributed by atoms with Gasteiger partial charge < -0.3 is 20.5 Å². The number of thioether (sulfide) groups is 1. The zero-order valence-corrected chi connectivity index (χ0v) is 23.4. The van der Waals surface area contributed by atoms with Gasteiger partial charge in [0.15, 0.2) is 22.5 Å². The van der Waals surface area contributed by atoms with Crippen molar-refractivity contribution in [2.75, 3.05) is 25.3 Å². The molecule has 2 amide bonds. The third-order valence-corrected chi connectivity index (χ3v) is 9.40. The van der Waals surface area contributed by atoms with E-state index >= 15 is 0 Å². The van der Waals surface area contributed by atoms with Crippen LogP contribution in [-0.2, 0) is 17.6 Å². The average molecular weight is 556 g/mol. The van der Waals surface area contributed by atoms with Crippen molar-refractivity contribution in [2.45, 2.75) is 69.0 Å². The van der Waals surface area contributed by atoms with E-state index in [4.69, 9.17) is 15.2 Å². The third kappa shape index (κ3) is 5.40. The van der Waals surface area contributed by atoms with Gasteiger partial charge in [-0.15, -0.1) is 21.5 Å². The van der Waals surface area contributed by atoms with Crippen LogP contribution in [-0.4, -0.2) is 46.6 Å². The number of methoxy groups -OCH3 is 2. The lowest BCUT2D eigenvalue weighted by atomic mass is 9.95. The van der Waals surface area contributed by atoms with Gasteiger partial charge in [0.1, 0.15) is 5.00 Å². The van der Waals surface area contributed by atoms with Crippen molar-refractivity contribution in [3.8, 4) is 22.9 Å². The van der Waals surface area contributed by atoms with E-state index in [0.717, 1.165) is 73.2 Å². The molecule has 2 aliphatic carbocycles. The summed E-state index contributed by atoms with van der Waals surface area (Å²) in [4.78, 5) is 26.4. The van der Waals surface area contributed by atoms with E-state index in [0.29, 0.717) is 27.2 Å². The number of aryl methyl sites for hydroxylation is 1. The lowest BCUT2D eigenvalue weighted by molar-refractivity contribution is -0.113. The molecule has 38 heavy (non-hydrogen) atoms. The summed E-state index contributed by atoms with van der Waals surface area (Å²) in [5.41, 5.74) is 8.06. The second-order valence-corrected chi connectivity index (χ2v) is 11.7. The molecule has 0 unspecified atom stereocenters. The quantitative estimate of drug-likeness (QED) is 0.347. The van der Waals surface area contributed by atoms with Gasteiger partial charge in [0, 0.05) is 16.5 Å². The van der Waals surface area contributed by atoms with E-state index in [9.17, 15) is 9.59 Å². The number of hydrogen-bond donors (Lipinski definition) is 2. The summed E-state index contributed by atoms with van der Waals surface area (Å²) < 4.78 is 13.1. The van der Waals surface area contributed by atoms with Crippen LogP contribution in [0.25, 0.3) is 11.4 Å². The predicted molar refractivity (Wildman–Crippen MR) is 150 cm³/mol. The first-order chi connectivity index (χ1) is 18.5. The zero-order valence-electron chi connectivity index (χ0n) is 21.7. The number of ether oxygens (including phenoxy) is 2. The number of amides is 2. The Hall–Kier alpha value is -3.05. The summed E-state index contributed by atoms with van der Waals surface area (Å²) in [7, 11) is 3.22. The molecule has 0 bridgehead atoms. The van der Waals surface area contributed by atoms with Gasteiger partial charge in [0.25, 0.3) is 5.91 Å². The molecular weight excluding hydrogens is 522 g/mol. The Morgan fingerprint density at radius 1 is 1.08 bits per heavy atom. The van der Waals surface area contributed by atoms with E-state index in [-0.39, 0.29) is 17.7 Å². The topological polar surface area (TPSA) is 121 Å². The maximum Gasteiger partial charge on any atom is 0.251 e. The summed E-state index contributed by atoms with van der Waals surface area (Å²) in [5.74, 6) is 1.50. The van der Waals surface area contributed by atoms with E-state index in [2.05, 4.69) is 20.1 Å². The van der Waals surface area contributed by atoms with E-state index in [1.807, 2.05) is 18.2 Å². The Labute approximate surface area is 230 Å². The molecule has 5 rings (SSSR count). The van der Waals surface area contributed by atoms with Crippen LogP contribution in [0.1, 0.15) is 71.8 Å². The first kappa shape index (κ1) is 26.6. The Morgan fingerprint density at radius 2 is 1.84 bits per heavy atom. The van der Waals surface area contributed by atoms with Crippen LogP contribution in [0.5, 0.6) is 11.5 Å². The Morgan fingerprint density at radius 3 is 2.58 bits per heavy atom. The van der Waals surface area contributed by atoms with Crippen molar-refractivity contribution >= 4 is 39.9 Å². The zero-order chi connectivity index (χ0) is 26.6. The van der Waals surface area contributed by atoms with Crippen LogP contribution in [0.2, 0.25) is 0 Å². The van der Waals surface area contributed by atoms with Gasteiger partial charge in [-0.25, -0.2) is 0 Å². The molecule has 1 fully saturated rings. The first-order valence-electron chi connectivity index (χ1n) is 13.0. The van der Waals surface area contributed by atoms with Crippen molar-refractivity contribution in [1.82, 2.24) is 14.8 Å². The summed E-state index contributed by atoms with van der Waals surface area (Å²) in [5, 5.41) is 13.3. The second-order valence-electron chi connectivity index (χ2n) is 9.65. The predicted octanol–water partition coefficient (Wildman–Crippen LogP) is 5.24. The van der Waals surface area contributed by atoms with Crippen LogP contribution < -0.4 is 20.5 Å².